The normalized spacial score (nSPS) is 17.3. The van der Waals surface area contributed by atoms with E-state index in [-0.39, 0.29) is 11.4 Å². The lowest BCUT2D eigenvalue weighted by Crippen LogP contribution is -2.38. The number of esters is 1. The second-order valence-corrected chi connectivity index (χ2v) is 8.54. The van der Waals surface area contributed by atoms with E-state index in [1.54, 1.807) is 36.4 Å². The molecule has 0 bridgehead atoms. The molecule has 34 heavy (non-hydrogen) atoms. The van der Waals surface area contributed by atoms with E-state index in [2.05, 4.69) is 15.0 Å². The molecule has 1 N–H and O–H groups in total. The summed E-state index contributed by atoms with van der Waals surface area (Å²) in [6.45, 7) is 2.25. The number of carbonyl (C=O) groups excluding carboxylic acids is 4. The molecule has 176 valence electrons. The number of benzene rings is 2. The molecule has 9 nitrogen and oxygen atoms in total. The van der Waals surface area contributed by atoms with E-state index in [0.29, 0.717) is 43.1 Å². The van der Waals surface area contributed by atoms with Crippen LogP contribution in [0.2, 0.25) is 0 Å². The second-order valence-electron chi connectivity index (χ2n) is 7.55. The molecule has 3 amide bonds. The van der Waals surface area contributed by atoms with Crippen molar-refractivity contribution in [3.05, 3.63) is 64.6 Å². The Morgan fingerprint density at radius 1 is 1.09 bits per heavy atom. The van der Waals surface area contributed by atoms with Crippen LogP contribution in [0.3, 0.4) is 0 Å². The number of amides is 3. The Balaban J connectivity index is 1.42. The van der Waals surface area contributed by atoms with Crippen molar-refractivity contribution < 1.29 is 28.7 Å². The molecule has 2 aromatic rings. The van der Waals surface area contributed by atoms with E-state index in [1.807, 2.05) is 18.2 Å². The van der Waals surface area contributed by atoms with Crippen molar-refractivity contribution in [3.8, 4) is 0 Å². The summed E-state index contributed by atoms with van der Waals surface area (Å²) in [5.74, 6) is -1.47. The molecule has 0 atom stereocenters. The number of thioether (sulfide) groups is 1. The van der Waals surface area contributed by atoms with Gasteiger partial charge in [0.05, 0.1) is 42.2 Å². The highest BCUT2D eigenvalue weighted by Crippen LogP contribution is 2.32. The first-order valence-corrected chi connectivity index (χ1v) is 11.4. The zero-order chi connectivity index (χ0) is 24.1. The van der Waals surface area contributed by atoms with Crippen LogP contribution in [-0.4, -0.2) is 67.9 Å². The zero-order valence-corrected chi connectivity index (χ0v) is 19.3. The number of nitrogens with one attached hydrogen (secondary N) is 1. The van der Waals surface area contributed by atoms with Gasteiger partial charge < -0.3 is 19.7 Å². The summed E-state index contributed by atoms with van der Waals surface area (Å²) in [6, 6.07) is 13.8. The SMILES string of the molecule is COC(=O)c1ccc(/C=C2/SC(=O)N(CC(=O)Nc3ccccc3N3CCOCC3)C2=O)cc1. The van der Waals surface area contributed by atoms with E-state index in [4.69, 9.17) is 4.74 Å². The molecule has 0 radical (unpaired) electrons. The van der Waals surface area contributed by atoms with Crippen LogP contribution in [0.1, 0.15) is 15.9 Å². The average Bonchev–Trinajstić information content (AvgIpc) is 3.12. The van der Waals surface area contributed by atoms with Gasteiger partial charge >= 0.3 is 5.97 Å². The molecule has 10 heteroatoms. The monoisotopic (exact) mass is 481 g/mol. The molecule has 0 aromatic heterocycles. The number of imide groups is 1. The largest absolute Gasteiger partial charge is 0.465 e. The number of anilines is 2. The van der Waals surface area contributed by atoms with E-state index < -0.39 is 23.0 Å². The molecule has 0 spiro atoms. The van der Waals surface area contributed by atoms with Crippen LogP contribution in [0.15, 0.2) is 53.4 Å². The fourth-order valence-corrected chi connectivity index (χ4v) is 4.45. The van der Waals surface area contributed by atoms with Gasteiger partial charge in [-0.1, -0.05) is 24.3 Å². The van der Waals surface area contributed by atoms with E-state index in [1.165, 1.54) is 7.11 Å². The van der Waals surface area contributed by atoms with E-state index in [0.717, 1.165) is 22.3 Å². The predicted octanol–water partition coefficient (Wildman–Crippen LogP) is 2.98. The number of rotatable bonds is 6. The lowest BCUT2D eigenvalue weighted by atomic mass is 10.1. The van der Waals surface area contributed by atoms with Gasteiger partial charge in [0.1, 0.15) is 6.54 Å². The second kappa shape index (κ2) is 10.5. The third kappa shape index (κ3) is 5.29. The molecule has 2 fully saturated rings. The highest BCUT2D eigenvalue weighted by atomic mass is 32.2. The quantitative estimate of drug-likeness (QED) is 0.496. The number of carbonyl (C=O) groups is 4. The van der Waals surface area contributed by atoms with Gasteiger partial charge in [0, 0.05) is 13.1 Å². The third-order valence-corrected chi connectivity index (χ3v) is 6.24. The highest BCUT2D eigenvalue weighted by molar-refractivity contribution is 8.18. The van der Waals surface area contributed by atoms with Gasteiger partial charge in [-0.2, -0.15) is 0 Å². The Morgan fingerprint density at radius 3 is 2.50 bits per heavy atom. The molecule has 2 aromatic carbocycles. The molecule has 0 aliphatic carbocycles. The summed E-state index contributed by atoms with van der Waals surface area (Å²) < 4.78 is 10.1. The van der Waals surface area contributed by atoms with Gasteiger partial charge in [-0.05, 0) is 47.7 Å². The smallest absolute Gasteiger partial charge is 0.337 e. The molecule has 4 rings (SSSR count). The minimum absolute atomic E-state index is 0.206. The van der Waals surface area contributed by atoms with Crippen LogP contribution in [0.5, 0.6) is 0 Å². The summed E-state index contributed by atoms with van der Waals surface area (Å²) in [5.41, 5.74) is 2.50. The summed E-state index contributed by atoms with van der Waals surface area (Å²) in [6.07, 6.45) is 1.55. The Bertz CT molecular complexity index is 1140. The van der Waals surface area contributed by atoms with Gasteiger partial charge in [0.25, 0.3) is 11.1 Å². The number of hydrogen-bond acceptors (Lipinski definition) is 8. The first kappa shape index (κ1) is 23.5. The Labute approximate surface area is 200 Å². The number of methoxy groups -OCH3 is 1. The number of hydrogen-bond donors (Lipinski definition) is 1. The number of morpholine rings is 1. The summed E-state index contributed by atoms with van der Waals surface area (Å²) in [4.78, 5) is 52.7. The van der Waals surface area contributed by atoms with Crippen LogP contribution in [0.4, 0.5) is 16.2 Å². The third-order valence-electron chi connectivity index (χ3n) is 5.33. The summed E-state index contributed by atoms with van der Waals surface area (Å²) in [5, 5.41) is 2.31. The molecular weight excluding hydrogens is 458 g/mol. The number of nitrogens with zero attached hydrogens (tertiary/aromatic N) is 2. The predicted molar refractivity (Wildman–Crippen MR) is 129 cm³/mol. The number of para-hydroxylation sites is 2. The Morgan fingerprint density at radius 2 is 1.79 bits per heavy atom. The maximum Gasteiger partial charge on any atom is 0.337 e. The highest BCUT2D eigenvalue weighted by Gasteiger charge is 2.36. The van der Waals surface area contributed by atoms with Gasteiger partial charge in [0.15, 0.2) is 0 Å². The lowest BCUT2D eigenvalue weighted by Gasteiger charge is -2.30. The molecule has 0 unspecified atom stereocenters. The van der Waals surface area contributed by atoms with Crippen molar-refractivity contribution in [2.24, 2.45) is 0 Å². The fraction of sp³-hybridized carbons (Fsp3) is 0.250. The maximum atomic E-state index is 12.8. The molecule has 2 aliphatic rings. The van der Waals surface area contributed by atoms with Crippen molar-refractivity contribution in [1.29, 1.82) is 0 Å². The van der Waals surface area contributed by atoms with Crippen LogP contribution in [0, 0.1) is 0 Å². The van der Waals surface area contributed by atoms with Crippen molar-refractivity contribution in [3.63, 3.8) is 0 Å². The first-order chi connectivity index (χ1) is 16.5. The average molecular weight is 482 g/mol. The topological polar surface area (TPSA) is 105 Å². The van der Waals surface area contributed by atoms with Crippen LogP contribution >= 0.6 is 11.8 Å². The van der Waals surface area contributed by atoms with Crippen molar-refractivity contribution in [1.82, 2.24) is 4.90 Å². The molecule has 2 saturated heterocycles. The van der Waals surface area contributed by atoms with Crippen molar-refractivity contribution in [2.45, 2.75) is 0 Å². The standard InChI is InChI=1S/C24H23N3O6S/c1-32-23(30)17-8-6-16(7-9-17)14-20-22(29)27(24(31)34-20)15-21(28)25-18-4-2-3-5-19(18)26-10-12-33-13-11-26/h2-9,14H,10-13,15H2,1H3,(H,25,28)/b20-14+. The van der Waals surface area contributed by atoms with Gasteiger partial charge in [-0.3, -0.25) is 19.3 Å². The van der Waals surface area contributed by atoms with Gasteiger partial charge in [-0.15, -0.1) is 0 Å². The molecular formula is C24H23N3O6S. The van der Waals surface area contributed by atoms with Crippen LogP contribution < -0.4 is 10.2 Å². The van der Waals surface area contributed by atoms with Crippen LogP contribution in [-0.2, 0) is 19.1 Å². The van der Waals surface area contributed by atoms with Crippen molar-refractivity contribution in [2.75, 3.05) is 50.2 Å². The van der Waals surface area contributed by atoms with Gasteiger partial charge in [-0.25, -0.2) is 4.79 Å². The first-order valence-electron chi connectivity index (χ1n) is 10.6. The molecule has 2 aliphatic heterocycles. The van der Waals surface area contributed by atoms with Gasteiger partial charge in [0.2, 0.25) is 5.91 Å². The van der Waals surface area contributed by atoms with Crippen molar-refractivity contribution >= 4 is 52.2 Å². The Hall–Kier alpha value is -3.63. The number of ether oxygens (including phenoxy) is 2. The maximum absolute atomic E-state index is 12.8. The minimum Gasteiger partial charge on any atom is -0.465 e. The lowest BCUT2D eigenvalue weighted by molar-refractivity contribution is -0.127. The summed E-state index contributed by atoms with van der Waals surface area (Å²) in [7, 11) is 1.30. The Kier molecular flexibility index (Phi) is 7.29. The minimum atomic E-state index is -0.538. The zero-order valence-electron chi connectivity index (χ0n) is 18.5. The molecule has 2 heterocycles. The van der Waals surface area contributed by atoms with Crippen LogP contribution in [0.25, 0.3) is 6.08 Å². The molecule has 0 saturated carbocycles. The summed E-state index contributed by atoms with van der Waals surface area (Å²) >= 11 is 0.771. The van der Waals surface area contributed by atoms with E-state index >= 15 is 0 Å². The van der Waals surface area contributed by atoms with E-state index in [9.17, 15) is 19.2 Å². The fourth-order valence-electron chi connectivity index (χ4n) is 3.61.